The summed E-state index contributed by atoms with van der Waals surface area (Å²) in [6, 6.07) is 4.43. The van der Waals surface area contributed by atoms with Crippen molar-refractivity contribution in [2.24, 2.45) is 11.1 Å². The van der Waals surface area contributed by atoms with Crippen molar-refractivity contribution < 1.29 is 4.42 Å². The van der Waals surface area contributed by atoms with Crippen molar-refractivity contribution in [2.75, 3.05) is 20.1 Å². The van der Waals surface area contributed by atoms with Gasteiger partial charge >= 0.3 is 0 Å². The second-order valence-corrected chi connectivity index (χ2v) is 5.42. The number of nitrogens with zero attached hydrogens (tertiary/aromatic N) is 1. The van der Waals surface area contributed by atoms with Crippen LogP contribution in [0.5, 0.6) is 0 Å². The minimum Gasteiger partial charge on any atom is -0.469 e. The van der Waals surface area contributed by atoms with Gasteiger partial charge in [-0.25, -0.2) is 0 Å². The normalized spacial score (nSPS) is 14.4. The van der Waals surface area contributed by atoms with Crippen molar-refractivity contribution in [1.82, 2.24) is 4.90 Å². The van der Waals surface area contributed by atoms with Gasteiger partial charge in [0.2, 0.25) is 0 Å². The van der Waals surface area contributed by atoms with E-state index in [0.717, 1.165) is 18.7 Å². The van der Waals surface area contributed by atoms with Crippen molar-refractivity contribution in [2.45, 2.75) is 33.2 Å². The lowest BCUT2D eigenvalue weighted by Crippen LogP contribution is -2.41. The maximum absolute atomic E-state index is 5.75. The first-order valence-corrected chi connectivity index (χ1v) is 5.87. The summed E-state index contributed by atoms with van der Waals surface area (Å²) in [6.45, 7) is 8.33. The third-order valence-corrected chi connectivity index (χ3v) is 3.06. The fourth-order valence-corrected chi connectivity index (χ4v) is 1.77. The van der Waals surface area contributed by atoms with Crippen LogP contribution in [0.2, 0.25) is 0 Å². The minimum absolute atomic E-state index is 0.173. The Bertz CT molecular complexity index is 293. The lowest BCUT2D eigenvalue weighted by Gasteiger charge is -2.32. The average Bonchev–Trinajstić information content (AvgIpc) is 2.69. The lowest BCUT2D eigenvalue weighted by molar-refractivity contribution is 0.168. The van der Waals surface area contributed by atoms with Crippen molar-refractivity contribution in [3.63, 3.8) is 0 Å². The van der Waals surface area contributed by atoms with Gasteiger partial charge in [0.1, 0.15) is 5.76 Å². The first kappa shape index (κ1) is 13.3. The Morgan fingerprint density at radius 3 is 2.69 bits per heavy atom. The van der Waals surface area contributed by atoms with Crippen LogP contribution >= 0.6 is 0 Å². The predicted octanol–water partition coefficient (Wildman–Crippen LogP) is 2.13. The van der Waals surface area contributed by atoms with Crippen LogP contribution < -0.4 is 5.73 Å². The van der Waals surface area contributed by atoms with Gasteiger partial charge < -0.3 is 15.1 Å². The number of hydrogen-bond acceptors (Lipinski definition) is 3. The highest BCUT2D eigenvalue weighted by Crippen LogP contribution is 2.17. The average molecular weight is 224 g/mol. The molecule has 0 saturated heterocycles. The van der Waals surface area contributed by atoms with Crippen LogP contribution in [0.25, 0.3) is 0 Å². The predicted molar refractivity (Wildman–Crippen MR) is 67.3 cm³/mol. The van der Waals surface area contributed by atoms with Crippen LogP contribution in [0.3, 0.4) is 0 Å². The summed E-state index contributed by atoms with van der Waals surface area (Å²) in [5.41, 5.74) is 5.92. The summed E-state index contributed by atoms with van der Waals surface area (Å²) in [5.74, 6) is 1.05. The molecule has 1 unspecified atom stereocenters. The number of likely N-dealkylation sites (N-methyl/N-ethyl adjacent to an activating group) is 1. The second kappa shape index (κ2) is 5.51. The Balaban J connectivity index is 2.45. The summed E-state index contributed by atoms with van der Waals surface area (Å²) in [6.07, 6.45) is 2.68. The highest BCUT2D eigenvalue weighted by Gasteiger charge is 2.21. The van der Waals surface area contributed by atoms with E-state index in [4.69, 9.17) is 10.2 Å². The van der Waals surface area contributed by atoms with E-state index in [-0.39, 0.29) is 5.41 Å². The molecule has 0 spiro atoms. The quantitative estimate of drug-likeness (QED) is 0.805. The van der Waals surface area contributed by atoms with E-state index in [9.17, 15) is 0 Å². The fraction of sp³-hybridized carbons (Fsp3) is 0.692. The standard InChI is InChI=1S/C13H24N2O/c1-11(8-12-6-5-7-16-12)15(4)10-13(2,3)9-14/h5-7,11H,8-10,14H2,1-4H3. The van der Waals surface area contributed by atoms with Crippen molar-refractivity contribution in [3.8, 4) is 0 Å². The third kappa shape index (κ3) is 3.99. The zero-order valence-electron chi connectivity index (χ0n) is 10.9. The van der Waals surface area contributed by atoms with Gasteiger partial charge in [-0.2, -0.15) is 0 Å². The Labute approximate surface area is 98.6 Å². The van der Waals surface area contributed by atoms with Gasteiger partial charge in [0.25, 0.3) is 0 Å². The topological polar surface area (TPSA) is 42.4 Å². The van der Waals surface area contributed by atoms with Gasteiger partial charge in [0, 0.05) is 19.0 Å². The molecule has 0 bridgehead atoms. The summed E-state index contributed by atoms with van der Waals surface area (Å²) >= 11 is 0. The number of furan rings is 1. The maximum Gasteiger partial charge on any atom is 0.105 e. The summed E-state index contributed by atoms with van der Waals surface area (Å²) < 4.78 is 5.36. The molecule has 1 aromatic heterocycles. The Hall–Kier alpha value is -0.800. The molecule has 92 valence electrons. The minimum atomic E-state index is 0.173. The molecule has 0 amide bonds. The van der Waals surface area contributed by atoms with E-state index in [1.807, 2.05) is 12.1 Å². The molecule has 1 heterocycles. The Morgan fingerprint density at radius 2 is 2.19 bits per heavy atom. The molecule has 0 aliphatic rings. The van der Waals surface area contributed by atoms with Gasteiger partial charge in [-0.3, -0.25) is 0 Å². The molecule has 0 fully saturated rings. The van der Waals surface area contributed by atoms with Gasteiger partial charge in [-0.05, 0) is 38.1 Å². The van der Waals surface area contributed by atoms with Crippen LogP contribution in [0.4, 0.5) is 0 Å². The van der Waals surface area contributed by atoms with Crippen LogP contribution in [-0.2, 0) is 6.42 Å². The maximum atomic E-state index is 5.75. The zero-order valence-corrected chi connectivity index (χ0v) is 10.9. The first-order chi connectivity index (χ1) is 7.44. The number of hydrogen-bond donors (Lipinski definition) is 1. The molecular formula is C13H24N2O. The molecule has 0 aromatic carbocycles. The van der Waals surface area contributed by atoms with E-state index in [1.54, 1.807) is 6.26 Å². The largest absolute Gasteiger partial charge is 0.469 e. The van der Waals surface area contributed by atoms with E-state index in [2.05, 4.69) is 32.7 Å². The van der Waals surface area contributed by atoms with Crippen molar-refractivity contribution >= 4 is 0 Å². The van der Waals surface area contributed by atoms with E-state index >= 15 is 0 Å². The highest BCUT2D eigenvalue weighted by molar-refractivity contribution is 5.00. The van der Waals surface area contributed by atoms with Gasteiger partial charge in [-0.1, -0.05) is 13.8 Å². The lowest BCUT2D eigenvalue weighted by atomic mass is 9.92. The Kier molecular flexibility index (Phi) is 4.56. The van der Waals surface area contributed by atoms with Gasteiger partial charge in [0.15, 0.2) is 0 Å². The molecule has 0 saturated carbocycles. The third-order valence-electron chi connectivity index (χ3n) is 3.06. The van der Waals surface area contributed by atoms with Crippen LogP contribution in [0, 0.1) is 5.41 Å². The molecule has 3 nitrogen and oxygen atoms in total. The molecule has 1 atom stereocenters. The highest BCUT2D eigenvalue weighted by atomic mass is 16.3. The summed E-state index contributed by atoms with van der Waals surface area (Å²) in [7, 11) is 2.14. The Morgan fingerprint density at radius 1 is 1.50 bits per heavy atom. The molecule has 16 heavy (non-hydrogen) atoms. The molecule has 3 heteroatoms. The summed E-state index contributed by atoms with van der Waals surface area (Å²) in [5, 5.41) is 0. The number of nitrogens with two attached hydrogens (primary N) is 1. The van der Waals surface area contributed by atoms with Crippen LogP contribution in [0.15, 0.2) is 22.8 Å². The smallest absolute Gasteiger partial charge is 0.105 e. The monoisotopic (exact) mass is 224 g/mol. The molecule has 0 aliphatic heterocycles. The van der Waals surface area contributed by atoms with Crippen LogP contribution in [-0.4, -0.2) is 31.1 Å². The molecule has 0 aliphatic carbocycles. The fourth-order valence-electron chi connectivity index (χ4n) is 1.77. The second-order valence-electron chi connectivity index (χ2n) is 5.42. The van der Waals surface area contributed by atoms with Gasteiger partial charge in [-0.15, -0.1) is 0 Å². The number of rotatable bonds is 6. The molecular weight excluding hydrogens is 200 g/mol. The van der Waals surface area contributed by atoms with E-state index < -0.39 is 0 Å². The van der Waals surface area contributed by atoms with Crippen molar-refractivity contribution in [3.05, 3.63) is 24.2 Å². The summed E-state index contributed by atoms with van der Waals surface area (Å²) in [4.78, 5) is 2.34. The molecule has 0 radical (unpaired) electrons. The SMILES string of the molecule is CC(Cc1ccco1)N(C)CC(C)(C)CN. The first-order valence-electron chi connectivity index (χ1n) is 5.87. The van der Waals surface area contributed by atoms with Crippen molar-refractivity contribution in [1.29, 1.82) is 0 Å². The zero-order chi connectivity index (χ0) is 12.2. The van der Waals surface area contributed by atoms with Gasteiger partial charge in [0.05, 0.1) is 6.26 Å². The van der Waals surface area contributed by atoms with E-state index in [1.165, 1.54) is 0 Å². The van der Waals surface area contributed by atoms with E-state index in [0.29, 0.717) is 12.6 Å². The van der Waals surface area contributed by atoms with Crippen LogP contribution in [0.1, 0.15) is 26.5 Å². The molecule has 1 rings (SSSR count). The molecule has 2 N–H and O–H groups in total. The molecule has 1 aromatic rings.